The first-order valence-electron chi connectivity index (χ1n) is 11.0. The van der Waals surface area contributed by atoms with E-state index < -0.39 is 0 Å². The average molecular weight is 435 g/mol. The molecule has 4 rings (SSSR count). The van der Waals surface area contributed by atoms with Crippen LogP contribution in [0.25, 0.3) is 10.9 Å². The van der Waals surface area contributed by atoms with Gasteiger partial charge in [0.25, 0.3) is 5.91 Å². The summed E-state index contributed by atoms with van der Waals surface area (Å²) in [6.45, 7) is 2.06. The summed E-state index contributed by atoms with van der Waals surface area (Å²) in [6.07, 6.45) is 2.20. The Balaban J connectivity index is 1.49. The standard InChI is InChI=1S/C25H30N4O3/c1-26-21-10-11-23(25-20(21)9-6-13-27-25)32-17-24(31)28(2)22(18-7-4-3-5-8-18)16-29-14-12-19(30)15-29/h3-11,13,19,22,26,30H,12,14-17H2,1-2H3. The van der Waals surface area contributed by atoms with Crippen molar-refractivity contribution in [3.8, 4) is 5.75 Å². The molecular formula is C25H30N4O3. The van der Waals surface area contributed by atoms with E-state index in [4.69, 9.17) is 4.74 Å². The predicted molar refractivity (Wildman–Crippen MR) is 126 cm³/mol. The maximum Gasteiger partial charge on any atom is 0.260 e. The van der Waals surface area contributed by atoms with Crippen LogP contribution in [0, 0.1) is 0 Å². The molecule has 3 aromatic rings. The van der Waals surface area contributed by atoms with Crippen LogP contribution in [0.5, 0.6) is 5.75 Å². The summed E-state index contributed by atoms with van der Waals surface area (Å²) < 4.78 is 5.94. The molecule has 2 unspecified atom stereocenters. The Labute approximate surface area is 188 Å². The maximum atomic E-state index is 13.1. The number of fused-ring (bicyclic) bond motifs is 1. The zero-order chi connectivity index (χ0) is 22.5. The third-order valence-electron chi connectivity index (χ3n) is 6.08. The number of nitrogens with zero attached hydrogens (tertiary/aromatic N) is 3. The first-order chi connectivity index (χ1) is 15.6. The number of nitrogens with one attached hydrogen (secondary N) is 1. The zero-order valence-corrected chi connectivity index (χ0v) is 18.6. The number of hydrogen-bond donors (Lipinski definition) is 2. The lowest BCUT2D eigenvalue weighted by molar-refractivity contribution is -0.134. The second-order valence-corrected chi connectivity index (χ2v) is 8.18. The number of rotatable bonds is 8. The molecule has 0 saturated carbocycles. The lowest BCUT2D eigenvalue weighted by Gasteiger charge is -2.32. The topological polar surface area (TPSA) is 77.9 Å². The molecule has 2 atom stereocenters. The highest BCUT2D eigenvalue weighted by molar-refractivity contribution is 5.95. The van der Waals surface area contributed by atoms with E-state index in [1.807, 2.05) is 68.7 Å². The number of aromatic nitrogens is 1. The Morgan fingerprint density at radius 1 is 1.25 bits per heavy atom. The molecule has 1 aromatic heterocycles. The molecular weight excluding hydrogens is 404 g/mol. The van der Waals surface area contributed by atoms with Gasteiger partial charge >= 0.3 is 0 Å². The summed E-state index contributed by atoms with van der Waals surface area (Å²) in [7, 11) is 3.68. The molecule has 0 spiro atoms. The SMILES string of the molecule is CNc1ccc(OCC(=O)N(C)C(CN2CCC(O)C2)c2ccccc2)c2ncccc12. The fourth-order valence-corrected chi connectivity index (χ4v) is 4.25. The van der Waals surface area contributed by atoms with Crippen molar-refractivity contribution in [2.45, 2.75) is 18.6 Å². The lowest BCUT2D eigenvalue weighted by Crippen LogP contribution is -2.40. The highest BCUT2D eigenvalue weighted by Gasteiger charge is 2.28. The number of carbonyl (C=O) groups is 1. The van der Waals surface area contributed by atoms with Gasteiger partial charge in [0.15, 0.2) is 6.61 Å². The molecule has 1 fully saturated rings. The van der Waals surface area contributed by atoms with Crippen molar-refractivity contribution in [2.75, 3.05) is 45.7 Å². The van der Waals surface area contributed by atoms with Crippen LogP contribution in [0.4, 0.5) is 5.69 Å². The van der Waals surface area contributed by atoms with Crippen LogP contribution in [0.2, 0.25) is 0 Å². The van der Waals surface area contributed by atoms with E-state index in [2.05, 4.69) is 15.2 Å². The Morgan fingerprint density at radius 3 is 2.78 bits per heavy atom. The summed E-state index contributed by atoms with van der Waals surface area (Å²) in [6, 6.07) is 17.5. The Morgan fingerprint density at radius 2 is 2.06 bits per heavy atom. The maximum absolute atomic E-state index is 13.1. The molecule has 0 aliphatic carbocycles. The number of aliphatic hydroxyl groups excluding tert-OH is 1. The predicted octanol–water partition coefficient (Wildman–Crippen LogP) is 2.92. The fourth-order valence-electron chi connectivity index (χ4n) is 4.25. The molecule has 1 amide bonds. The highest BCUT2D eigenvalue weighted by Crippen LogP contribution is 2.30. The van der Waals surface area contributed by atoms with Crippen molar-refractivity contribution in [3.63, 3.8) is 0 Å². The fraction of sp³-hybridized carbons (Fsp3) is 0.360. The number of hydrogen-bond acceptors (Lipinski definition) is 6. The van der Waals surface area contributed by atoms with Crippen LogP contribution in [0.15, 0.2) is 60.8 Å². The third kappa shape index (κ3) is 4.84. The summed E-state index contributed by atoms with van der Waals surface area (Å²) in [4.78, 5) is 21.5. The van der Waals surface area contributed by atoms with Crippen molar-refractivity contribution < 1.29 is 14.6 Å². The van der Waals surface area contributed by atoms with Crippen molar-refractivity contribution in [3.05, 3.63) is 66.4 Å². The molecule has 2 N–H and O–H groups in total. The van der Waals surface area contributed by atoms with Crippen molar-refractivity contribution in [1.82, 2.24) is 14.8 Å². The minimum absolute atomic E-state index is 0.0764. The van der Waals surface area contributed by atoms with Crippen LogP contribution in [-0.4, -0.2) is 72.2 Å². The quantitative estimate of drug-likeness (QED) is 0.568. The minimum Gasteiger partial charge on any atom is -0.481 e. The number of aliphatic hydroxyl groups is 1. The molecule has 0 bridgehead atoms. The van der Waals surface area contributed by atoms with E-state index in [0.29, 0.717) is 18.8 Å². The monoisotopic (exact) mass is 434 g/mol. The van der Waals surface area contributed by atoms with E-state index in [-0.39, 0.29) is 24.7 Å². The number of likely N-dealkylation sites (tertiary alicyclic amines) is 1. The molecule has 168 valence electrons. The number of β-amino-alcohol motifs (C(OH)–C–C–N with tert-alkyl or cyclic N) is 1. The van der Waals surface area contributed by atoms with Crippen molar-refractivity contribution in [2.24, 2.45) is 0 Å². The Hall–Kier alpha value is -3.16. The number of anilines is 1. The molecule has 2 aromatic carbocycles. The lowest BCUT2D eigenvalue weighted by atomic mass is 10.0. The van der Waals surface area contributed by atoms with Gasteiger partial charge in [0.05, 0.1) is 12.1 Å². The molecule has 0 radical (unpaired) electrons. The van der Waals surface area contributed by atoms with E-state index in [1.165, 1.54) is 0 Å². The number of ether oxygens (including phenoxy) is 1. The summed E-state index contributed by atoms with van der Waals surface area (Å²) in [5.74, 6) is 0.473. The van der Waals surface area contributed by atoms with Crippen molar-refractivity contribution >= 4 is 22.5 Å². The molecule has 1 aliphatic rings. The largest absolute Gasteiger partial charge is 0.481 e. The second-order valence-electron chi connectivity index (χ2n) is 8.18. The van der Waals surface area contributed by atoms with E-state index in [9.17, 15) is 9.90 Å². The minimum atomic E-state index is -0.294. The summed E-state index contributed by atoms with van der Waals surface area (Å²) in [5.41, 5.74) is 2.75. The van der Waals surface area contributed by atoms with E-state index >= 15 is 0 Å². The van der Waals surface area contributed by atoms with Crippen LogP contribution in [0.1, 0.15) is 18.0 Å². The Bertz CT molecular complexity index is 1060. The zero-order valence-electron chi connectivity index (χ0n) is 18.6. The van der Waals surface area contributed by atoms with Crippen LogP contribution in [-0.2, 0) is 4.79 Å². The van der Waals surface area contributed by atoms with Gasteiger partial charge < -0.3 is 20.1 Å². The van der Waals surface area contributed by atoms with Gasteiger partial charge in [0.2, 0.25) is 0 Å². The first kappa shape index (κ1) is 22.0. The molecule has 7 nitrogen and oxygen atoms in total. The molecule has 2 heterocycles. The van der Waals surface area contributed by atoms with Gasteiger partial charge in [-0.05, 0) is 36.2 Å². The van der Waals surface area contributed by atoms with Crippen LogP contribution >= 0.6 is 0 Å². The molecule has 1 aliphatic heterocycles. The Kier molecular flexibility index (Phi) is 6.87. The van der Waals surface area contributed by atoms with Gasteiger partial charge in [-0.2, -0.15) is 0 Å². The van der Waals surface area contributed by atoms with Gasteiger partial charge in [-0.3, -0.25) is 14.7 Å². The van der Waals surface area contributed by atoms with E-state index in [0.717, 1.165) is 35.1 Å². The van der Waals surface area contributed by atoms with Crippen LogP contribution < -0.4 is 10.1 Å². The number of benzene rings is 2. The number of amides is 1. The molecule has 7 heteroatoms. The first-order valence-corrected chi connectivity index (χ1v) is 11.0. The number of carbonyl (C=O) groups excluding carboxylic acids is 1. The number of likely N-dealkylation sites (N-methyl/N-ethyl adjacent to an activating group) is 1. The summed E-state index contributed by atoms with van der Waals surface area (Å²) in [5, 5.41) is 14.0. The third-order valence-corrected chi connectivity index (χ3v) is 6.08. The normalized spacial score (nSPS) is 17.3. The second kappa shape index (κ2) is 9.97. The number of pyridine rings is 1. The van der Waals surface area contributed by atoms with E-state index in [1.54, 1.807) is 11.1 Å². The molecule has 1 saturated heterocycles. The smallest absolute Gasteiger partial charge is 0.260 e. The van der Waals surface area contributed by atoms with Gasteiger partial charge in [0, 0.05) is 51.0 Å². The van der Waals surface area contributed by atoms with Crippen molar-refractivity contribution in [1.29, 1.82) is 0 Å². The highest BCUT2D eigenvalue weighted by atomic mass is 16.5. The average Bonchev–Trinajstić information content (AvgIpc) is 3.25. The van der Waals surface area contributed by atoms with Crippen LogP contribution in [0.3, 0.4) is 0 Å². The summed E-state index contributed by atoms with van der Waals surface area (Å²) >= 11 is 0. The molecule has 32 heavy (non-hydrogen) atoms. The van der Waals surface area contributed by atoms with Gasteiger partial charge in [-0.1, -0.05) is 30.3 Å². The van der Waals surface area contributed by atoms with Gasteiger partial charge in [0.1, 0.15) is 11.3 Å². The van der Waals surface area contributed by atoms with Gasteiger partial charge in [-0.15, -0.1) is 0 Å². The van der Waals surface area contributed by atoms with Gasteiger partial charge in [-0.25, -0.2) is 0 Å².